The molecule has 0 spiro atoms. The highest BCUT2D eigenvalue weighted by atomic mass is 16.3. The van der Waals surface area contributed by atoms with Crippen LogP contribution in [0.2, 0.25) is 0 Å². The number of phenolic OH excluding ortho intramolecular Hbond substituents is 1. The summed E-state index contributed by atoms with van der Waals surface area (Å²) in [6, 6.07) is 5.72. The molecule has 0 aromatic heterocycles. The van der Waals surface area contributed by atoms with Crippen molar-refractivity contribution in [2.24, 2.45) is 0 Å². The monoisotopic (exact) mass is 263 g/mol. The lowest BCUT2D eigenvalue weighted by molar-refractivity contribution is 0.0937. The summed E-state index contributed by atoms with van der Waals surface area (Å²) in [5, 5.41) is 12.6. The molecule has 104 valence electrons. The molecule has 1 amide bonds. The molecule has 1 aliphatic carbocycles. The number of nitrogen functional groups attached to an aromatic ring is 1. The van der Waals surface area contributed by atoms with Gasteiger partial charge in [0.2, 0.25) is 0 Å². The van der Waals surface area contributed by atoms with E-state index in [1.54, 1.807) is 18.2 Å². The van der Waals surface area contributed by atoms with E-state index in [1.807, 2.05) is 0 Å². The number of hydrogen-bond donors (Lipinski definition) is 3. The Morgan fingerprint density at radius 3 is 2.89 bits per heavy atom. The Labute approximate surface area is 113 Å². The molecule has 2 rings (SSSR count). The number of benzene rings is 1. The number of aromatic hydroxyl groups is 1. The lowest BCUT2D eigenvalue weighted by Crippen LogP contribution is -2.41. The van der Waals surface area contributed by atoms with Gasteiger partial charge in [0, 0.05) is 18.6 Å². The zero-order valence-electron chi connectivity index (χ0n) is 11.4. The van der Waals surface area contributed by atoms with Crippen molar-refractivity contribution in [2.75, 3.05) is 19.3 Å². The number of nitrogens with zero attached hydrogens (tertiary/aromatic N) is 1. The minimum atomic E-state index is -0.291. The van der Waals surface area contributed by atoms with Crippen molar-refractivity contribution >= 4 is 11.6 Å². The molecule has 19 heavy (non-hydrogen) atoms. The molecule has 5 heteroatoms. The van der Waals surface area contributed by atoms with Gasteiger partial charge < -0.3 is 16.2 Å². The second-order valence-corrected chi connectivity index (χ2v) is 5.20. The van der Waals surface area contributed by atoms with Gasteiger partial charge in [-0.05, 0) is 38.9 Å². The number of hydrogen-bond acceptors (Lipinski definition) is 4. The Kier molecular flexibility index (Phi) is 3.95. The standard InChI is InChI=1S/C14H21N3O2/c1-9(17(2)10-6-7-10)8-16-14(19)11-4-3-5-12(15)13(11)18/h3-5,9-10,18H,6-8,15H2,1-2H3,(H,16,19). The first-order valence-electron chi connectivity index (χ1n) is 6.58. The van der Waals surface area contributed by atoms with Crippen LogP contribution in [0.3, 0.4) is 0 Å². The number of carbonyl (C=O) groups is 1. The molecule has 1 aromatic carbocycles. The van der Waals surface area contributed by atoms with Crippen molar-refractivity contribution in [1.29, 1.82) is 0 Å². The molecular formula is C14H21N3O2. The van der Waals surface area contributed by atoms with Crippen LogP contribution >= 0.6 is 0 Å². The van der Waals surface area contributed by atoms with Crippen molar-refractivity contribution in [2.45, 2.75) is 31.8 Å². The van der Waals surface area contributed by atoms with Crippen LogP contribution in [0.4, 0.5) is 5.69 Å². The SMILES string of the molecule is CC(CNC(=O)c1cccc(N)c1O)N(C)C1CC1. The largest absolute Gasteiger partial charge is 0.505 e. The fourth-order valence-corrected chi connectivity index (χ4v) is 2.07. The Balaban J connectivity index is 1.92. The number of carbonyl (C=O) groups excluding carboxylic acids is 1. The van der Waals surface area contributed by atoms with Gasteiger partial charge in [0.25, 0.3) is 5.91 Å². The summed E-state index contributed by atoms with van der Waals surface area (Å²) < 4.78 is 0. The van der Waals surface area contributed by atoms with E-state index in [-0.39, 0.29) is 28.9 Å². The summed E-state index contributed by atoms with van der Waals surface area (Å²) in [7, 11) is 2.08. The third-order valence-corrected chi connectivity index (χ3v) is 3.69. The number of nitrogens with two attached hydrogens (primary N) is 1. The zero-order valence-corrected chi connectivity index (χ0v) is 11.4. The van der Waals surface area contributed by atoms with Crippen LogP contribution < -0.4 is 11.1 Å². The maximum absolute atomic E-state index is 12.0. The lowest BCUT2D eigenvalue weighted by Gasteiger charge is -2.24. The van der Waals surface area contributed by atoms with E-state index in [2.05, 4.69) is 24.2 Å². The number of anilines is 1. The maximum atomic E-state index is 12.0. The molecule has 0 aliphatic heterocycles. The van der Waals surface area contributed by atoms with Crippen LogP contribution in [0.25, 0.3) is 0 Å². The van der Waals surface area contributed by atoms with Crippen molar-refractivity contribution < 1.29 is 9.90 Å². The molecule has 0 bridgehead atoms. The van der Waals surface area contributed by atoms with E-state index in [9.17, 15) is 9.90 Å². The predicted molar refractivity (Wildman–Crippen MR) is 75.1 cm³/mol. The van der Waals surface area contributed by atoms with Gasteiger partial charge >= 0.3 is 0 Å². The number of nitrogens with one attached hydrogen (secondary N) is 1. The minimum absolute atomic E-state index is 0.150. The molecule has 1 aromatic rings. The highest BCUT2D eigenvalue weighted by Crippen LogP contribution is 2.27. The molecule has 1 unspecified atom stereocenters. The Bertz CT molecular complexity index is 472. The number of rotatable bonds is 5. The van der Waals surface area contributed by atoms with Crippen molar-refractivity contribution in [3.05, 3.63) is 23.8 Å². The summed E-state index contributed by atoms with van der Waals surface area (Å²) in [5.74, 6) is -0.441. The normalized spacial score (nSPS) is 16.4. The van der Waals surface area contributed by atoms with E-state index in [4.69, 9.17) is 5.73 Å². The van der Waals surface area contributed by atoms with Gasteiger partial charge in [-0.15, -0.1) is 0 Å². The predicted octanol–water partition coefficient (Wildman–Crippen LogP) is 1.19. The van der Waals surface area contributed by atoms with Crippen molar-refractivity contribution in [1.82, 2.24) is 10.2 Å². The summed E-state index contributed by atoms with van der Waals surface area (Å²) in [6.07, 6.45) is 2.48. The van der Waals surface area contributed by atoms with Gasteiger partial charge in [0.1, 0.15) is 0 Å². The van der Waals surface area contributed by atoms with Gasteiger partial charge in [-0.25, -0.2) is 0 Å². The van der Waals surface area contributed by atoms with Gasteiger partial charge in [0.15, 0.2) is 5.75 Å². The van der Waals surface area contributed by atoms with E-state index in [1.165, 1.54) is 12.8 Å². The van der Waals surface area contributed by atoms with Crippen molar-refractivity contribution in [3.63, 3.8) is 0 Å². The van der Waals surface area contributed by atoms with Gasteiger partial charge in [-0.3, -0.25) is 9.69 Å². The van der Waals surface area contributed by atoms with Crippen LogP contribution in [0.15, 0.2) is 18.2 Å². The van der Waals surface area contributed by atoms with Gasteiger partial charge in [-0.1, -0.05) is 6.07 Å². The second-order valence-electron chi connectivity index (χ2n) is 5.20. The van der Waals surface area contributed by atoms with Crippen LogP contribution in [0.1, 0.15) is 30.1 Å². The van der Waals surface area contributed by atoms with E-state index >= 15 is 0 Å². The van der Waals surface area contributed by atoms with Crippen molar-refractivity contribution in [3.8, 4) is 5.75 Å². The van der Waals surface area contributed by atoms with Crippen LogP contribution in [0, 0.1) is 0 Å². The van der Waals surface area contributed by atoms with E-state index in [0.29, 0.717) is 12.6 Å². The number of para-hydroxylation sites is 1. The first-order chi connectivity index (χ1) is 9.00. The summed E-state index contributed by atoms with van der Waals surface area (Å²) in [5.41, 5.74) is 6.01. The quantitative estimate of drug-likeness (QED) is 0.551. The van der Waals surface area contributed by atoms with Crippen LogP contribution in [-0.2, 0) is 0 Å². The number of amides is 1. The average Bonchev–Trinajstić information content (AvgIpc) is 3.22. The summed E-state index contributed by atoms with van der Waals surface area (Å²) >= 11 is 0. The third kappa shape index (κ3) is 3.17. The van der Waals surface area contributed by atoms with E-state index in [0.717, 1.165) is 0 Å². The molecule has 1 saturated carbocycles. The Morgan fingerprint density at radius 1 is 1.58 bits per heavy atom. The number of phenols is 1. The molecule has 4 N–H and O–H groups in total. The fraction of sp³-hybridized carbons (Fsp3) is 0.500. The van der Waals surface area contributed by atoms with Gasteiger partial charge in [0.05, 0.1) is 11.3 Å². The molecule has 0 radical (unpaired) electrons. The Morgan fingerprint density at radius 2 is 2.26 bits per heavy atom. The first-order valence-corrected chi connectivity index (χ1v) is 6.58. The summed E-state index contributed by atoms with van der Waals surface area (Å²) in [4.78, 5) is 14.3. The molecule has 1 aliphatic rings. The molecular weight excluding hydrogens is 242 g/mol. The molecule has 0 heterocycles. The Hall–Kier alpha value is -1.75. The van der Waals surface area contributed by atoms with Crippen LogP contribution in [-0.4, -0.2) is 41.6 Å². The molecule has 1 atom stereocenters. The lowest BCUT2D eigenvalue weighted by atomic mass is 10.1. The van der Waals surface area contributed by atoms with Gasteiger partial charge in [-0.2, -0.15) is 0 Å². The summed E-state index contributed by atoms with van der Waals surface area (Å²) in [6.45, 7) is 2.64. The molecule has 1 fully saturated rings. The molecule has 0 saturated heterocycles. The van der Waals surface area contributed by atoms with Crippen LogP contribution in [0.5, 0.6) is 5.75 Å². The zero-order chi connectivity index (χ0) is 14.0. The highest BCUT2D eigenvalue weighted by molar-refractivity contribution is 5.98. The molecule has 5 nitrogen and oxygen atoms in total. The maximum Gasteiger partial charge on any atom is 0.255 e. The highest BCUT2D eigenvalue weighted by Gasteiger charge is 2.29. The smallest absolute Gasteiger partial charge is 0.255 e. The topological polar surface area (TPSA) is 78.6 Å². The van der Waals surface area contributed by atoms with E-state index < -0.39 is 0 Å². The third-order valence-electron chi connectivity index (χ3n) is 3.69. The second kappa shape index (κ2) is 5.48. The first kappa shape index (κ1) is 13.7. The minimum Gasteiger partial charge on any atom is -0.505 e. The average molecular weight is 263 g/mol. The fourth-order valence-electron chi connectivity index (χ4n) is 2.07. The number of likely N-dealkylation sites (N-methyl/N-ethyl adjacent to an activating group) is 1.